The molecule has 0 aliphatic carbocycles. The quantitative estimate of drug-likeness (QED) is 0.638. The van der Waals surface area contributed by atoms with Crippen molar-refractivity contribution in [2.45, 2.75) is 19.6 Å². The summed E-state index contributed by atoms with van der Waals surface area (Å²) in [6.45, 7) is 1.59. The first-order valence-electron chi connectivity index (χ1n) is 5.72. The van der Waals surface area contributed by atoms with Crippen molar-refractivity contribution in [3.8, 4) is 0 Å². The largest absolute Gasteiger partial charge is 0.436 e. The van der Waals surface area contributed by atoms with E-state index in [1.54, 1.807) is 6.92 Å². The van der Waals surface area contributed by atoms with Crippen LogP contribution in [-0.2, 0) is 12.7 Å². The summed E-state index contributed by atoms with van der Waals surface area (Å²) in [6.07, 6.45) is -3.55. The number of alkyl halides is 3. The van der Waals surface area contributed by atoms with Crippen LogP contribution >= 0.6 is 11.6 Å². The molecule has 0 aliphatic heterocycles. The van der Waals surface area contributed by atoms with Gasteiger partial charge < -0.3 is 0 Å². The molecule has 0 fully saturated rings. The van der Waals surface area contributed by atoms with Crippen molar-refractivity contribution < 1.29 is 18.1 Å². The summed E-state index contributed by atoms with van der Waals surface area (Å²) in [5, 5.41) is 13.6. The third-order valence-electron chi connectivity index (χ3n) is 2.79. The van der Waals surface area contributed by atoms with Gasteiger partial charge in [0.1, 0.15) is 0 Å². The molecule has 0 saturated heterocycles. The molecular formula is C12H9ClF3N3O2. The Morgan fingerprint density at radius 2 is 2.10 bits per heavy atom. The maximum absolute atomic E-state index is 12.6. The van der Waals surface area contributed by atoms with E-state index in [1.807, 2.05) is 0 Å². The predicted molar refractivity (Wildman–Crippen MR) is 69.2 cm³/mol. The molecule has 5 nitrogen and oxygen atoms in total. The van der Waals surface area contributed by atoms with Gasteiger partial charge in [-0.25, -0.2) is 0 Å². The Kier molecular flexibility index (Phi) is 3.91. The number of hydrogen-bond donors (Lipinski definition) is 0. The Morgan fingerprint density at radius 3 is 2.57 bits per heavy atom. The zero-order valence-electron chi connectivity index (χ0n) is 10.7. The van der Waals surface area contributed by atoms with E-state index in [2.05, 4.69) is 5.10 Å². The molecule has 2 rings (SSSR count). The molecule has 9 heteroatoms. The van der Waals surface area contributed by atoms with Crippen molar-refractivity contribution >= 4 is 17.3 Å². The normalized spacial score (nSPS) is 11.7. The number of nitro benzene ring substituents is 1. The number of nitrogens with zero attached hydrogens (tertiary/aromatic N) is 3. The highest BCUT2D eigenvalue weighted by Crippen LogP contribution is 2.33. The minimum Gasteiger partial charge on any atom is -0.266 e. The molecule has 0 amide bonds. The number of hydrogen-bond acceptors (Lipinski definition) is 3. The molecule has 0 saturated carbocycles. The lowest BCUT2D eigenvalue weighted by Gasteiger charge is -2.05. The van der Waals surface area contributed by atoms with Gasteiger partial charge in [-0.1, -0.05) is 17.7 Å². The molecule has 21 heavy (non-hydrogen) atoms. The van der Waals surface area contributed by atoms with Crippen molar-refractivity contribution in [3.05, 3.63) is 56.4 Å². The Morgan fingerprint density at radius 1 is 1.43 bits per heavy atom. The van der Waals surface area contributed by atoms with E-state index in [0.717, 1.165) is 10.9 Å². The van der Waals surface area contributed by atoms with Gasteiger partial charge in [-0.2, -0.15) is 18.3 Å². The second-order valence-corrected chi connectivity index (χ2v) is 4.81. The van der Waals surface area contributed by atoms with Gasteiger partial charge in [0.2, 0.25) is 0 Å². The minimum absolute atomic E-state index is 0.0363. The highest BCUT2D eigenvalue weighted by atomic mass is 35.5. The summed E-state index contributed by atoms with van der Waals surface area (Å²) in [4.78, 5) is 10.2. The summed E-state index contributed by atoms with van der Waals surface area (Å²) in [7, 11) is 0. The highest BCUT2D eigenvalue weighted by Gasteiger charge is 2.36. The molecular weight excluding hydrogens is 311 g/mol. The highest BCUT2D eigenvalue weighted by molar-refractivity contribution is 6.31. The minimum atomic E-state index is -4.62. The van der Waals surface area contributed by atoms with Gasteiger partial charge in [0.05, 0.1) is 16.5 Å². The van der Waals surface area contributed by atoms with Crippen molar-refractivity contribution in [2.75, 3.05) is 0 Å². The Bertz CT molecular complexity index is 698. The van der Waals surface area contributed by atoms with E-state index in [4.69, 9.17) is 11.6 Å². The van der Waals surface area contributed by atoms with Gasteiger partial charge in [-0.3, -0.25) is 14.8 Å². The Hall–Kier alpha value is -2.09. The Balaban J connectivity index is 2.27. The molecule has 0 aliphatic rings. The second kappa shape index (κ2) is 5.36. The van der Waals surface area contributed by atoms with Crippen molar-refractivity contribution in [1.29, 1.82) is 0 Å². The lowest BCUT2D eigenvalue weighted by atomic mass is 10.1. The first kappa shape index (κ1) is 15.3. The standard InChI is InChI=1S/C12H9ClF3N3O2/c1-7-4-8(2-3-10(7)19(20)21)5-18-6-9(13)11(17-18)12(14,15)16/h2-4,6H,5H2,1H3. The van der Waals surface area contributed by atoms with E-state index in [-0.39, 0.29) is 12.2 Å². The van der Waals surface area contributed by atoms with Crippen LogP contribution in [0.1, 0.15) is 16.8 Å². The van der Waals surface area contributed by atoms with E-state index in [0.29, 0.717) is 11.1 Å². The molecule has 1 aromatic heterocycles. The van der Waals surface area contributed by atoms with Gasteiger partial charge >= 0.3 is 6.18 Å². The third kappa shape index (κ3) is 3.33. The van der Waals surface area contributed by atoms with Gasteiger partial charge in [-0.05, 0) is 18.6 Å². The molecule has 0 radical (unpaired) electrons. The first-order chi connectivity index (χ1) is 9.68. The maximum Gasteiger partial charge on any atom is 0.436 e. The fraction of sp³-hybridized carbons (Fsp3) is 0.250. The van der Waals surface area contributed by atoms with Crippen LogP contribution in [0.5, 0.6) is 0 Å². The molecule has 0 unspecified atom stereocenters. The van der Waals surface area contributed by atoms with Gasteiger partial charge in [0.25, 0.3) is 5.69 Å². The molecule has 0 spiro atoms. The van der Waals surface area contributed by atoms with Crippen LogP contribution < -0.4 is 0 Å². The first-order valence-corrected chi connectivity index (χ1v) is 6.10. The molecule has 1 aromatic carbocycles. The number of rotatable bonds is 3. The van der Waals surface area contributed by atoms with E-state index in [1.165, 1.54) is 18.2 Å². The summed E-state index contributed by atoms with van der Waals surface area (Å²) >= 11 is 5.50. The van der Waals surface area contributed by atoms with E-state index in [9.17, 15) is 23.3 Å². The molecule has 112 valence electrons. The fourth-order valence-corrected chi connectivity index (χ4v) is 2.14. The number of nitro groups is 1. The zero-order valence-corrected chi connectivity index (χ0v) is 11.4. The van der Waals surface area contributed by atoms with E-state index >= 15 is 0 Å². The zero-order chi connectivity index (χ0) is 15.8. The van der Waals surface area contributed by atoms with E-state index < -0.39 is 21.8 Å². The van der Waals surface area contributed by atoms with Crippen LogP contribution in [0.15, 0.2) is 24.4 Å². The van der Waals surface area contributed by atoms with Gasteiger partial charge in [0, 0.05) is 17.8 Å². The van der Waals surface area contributed by atoms with Gasteiger partial charge in [-0.15, -0.1) is 0 Å². The average molecular weight is 320 g/mol. The summed E-state index contributed by atoms with van der Waals surface area (Å²) in [5.74, 6) is 0. The molecule has 1 heterocycles. The lowest BCUT2D eigenvalue weighted by molar-refractivity contribution is -0.385. The number of halogens is 4. The topological polar surface area (TPSA) is 61.0 Å². The number of aromatic nitrogens is 2. The number of aryl methyl sites for hydroxylation is 1. The van der Waals surface area contributed by atoms with Crippen LogP contribution in [0.4, 0.5) is 18.9 Å². The monoisotopic (exact) mass is 319 g/mol. The molecule has 2 aromatic rings. The van der Waals surface area contributed by atoms with Gasteiger partial charge in [0.15, 0.2) is 5.69 Å². The van der Waals surface area contributed by atoms with Crippen LogP contribution in [0.3, 0.4) is 0 Å². The predicted octanol–water partition coefficient (Wildman–Crippen LogP) is 3.82. The smallest absolute Gasteiger partial charge is 0.266 e. The SMILES string of the molecule is Cc1cc(Cn2cc(Cl)c(C(F)(F)F)n2)ccc1[N+](=O)[O-]. The van der Waals surface area contributed by atoms with Crippen molar-refractivity contribution in [1.82, 2.24) is 9.78 Å². The summed E-state index contributed by atoms with van der Waals surface area (Å²) in [6, 6.07) is 4.30. The Labute approximate surface area is 122 Å². The number of benzene rings is 1. The lowest BCUT2D eigenvalue weighted by Crippen LogP contribution is -2.09. The van der Waals surface area contributed by atoms with Crippen LogP contribution in [0.2, 0.25) is 5.02 Å². The van der Waals surface area contributed by atoms with Crippen molar-refractivity contribution in [3.63, 3.8) is 0 Å². The molecule has 0 bridgehead atoms. The summed E-state index contributed by atoms with van der Waals surface area (Å²) in [5.41, 5.74) is -0.186. The maximum atomic E-state index is 12.6. The second-order valence-electron chi connectivity index (χ2n) is 4.40. The van der Waals surface area contributed by atoms with Crippen molar-refractivity contribution in [2.24, 2.45) is 0 Å². The van der Waals surface area contributed by atoms with Crippen LogP contribution in [0, 0.1) is 17.0 Å². The average Bonchev–Trinajstić information content (AvgIpc) is 2.69. The molecule has 0 atom stereocenters. The fourth-order valence-electron chi connectivity index (χ4n) is 1.88. The van der Waals surface area contributed by atoms with Crippen LogP contribution in [-0.4, -0.2) is 14.7 Å². The summed E-state index contributed by atoms with van der Waals surface area (Å²) < 4.78 is 38.8. The molecule has 0 N–H and O–H groups in total. The van der Waals surface area contributed by atoms with Crippen LogP contribution in [0.25, 0.3) is 0 Å². The third-order valence-corrected chi connectivity index (χ3v) is 3.06.